The number of nitriles is 2. The maximum absolute atomic E-state index is 9.81. The molecular weight excluding hydrogens is 387 g/mol. The van der Waals surface area contributed by atoms with E-state index < -0.39 is 0 Å². The number of rotatable bonds is 1. The molecule has 1 aliphatic carbocycles. The number of benzene rings is 3. The first-order valence-electron chi connectivity index (χ1n) is 8.99. The first-order chi connectivity index (χ1) is 13.5. The Morgan fingerprint density at radius 2 is 1.36 bits per heavy atom. The molecular formula is C24H16Cl2N2. The summed E-state index contributed by atoms with van der Waals surface area (Å²) in [7, 11) is 0. The van der Waals surface area contributed by atoms with E-state index >= 15 is 0 Å². The summed E-state index contributed by atoms with van der Waals surface area (Å²) in [6.07, 6.45) is 0. The lowest BCUT2D eigenvalue weighted by Gasteiger charge is -2.35. The predicted molar refractivity (Wildman–Crippen MR) is 112 cm³/mol. The standard InChI is InChI=1S/C24H16Cl2N2/c1-13-9-20(25)21(26)10-19(13)24-18-8-4-5-15(11-27)22(18)14(2)17-7-3-6-16(12-28)23(17)24/h3-10,14,24H,1-2H3. The lowest BCUT2D eigenvalue weighted by molar-refractivity contribution is 0.786. The van der Waals surface area contributed by atoms with Crippen molar-refractivity contribution in [2.75, 3.05) is 0 Å². The largest absolute Gasteiger partial charge is 0.192 e. The number of hydrogen-bond donors (Lipinski definition) is 0. The van der Waals surface area contributed by atoms with Gasteiger partial charge in [-0.15, -0.1) is 0 Å². The van der Waals surface area contributed by atoms with Crippen molar-refractivity contribution in [1.82, 2.24) is 0 Å². The van der Waals surface area contributed by atoms with E-state index in [2.05, 4.69) is 31.2 Å². The molecule has 0 amide bonds. The van der Waals surface area contributed by atoms with E-state index in [1.807, 2.05) is 43.3 Å². The second-order valence-electron chi connectivity index (χ2n) is 7.12. The van der Waals surface area contributed by atoms with Crippen LogP contribution in [0.1, 0.15) is 63.3 Å². The topological polar surface area (TPSA) is 47.6 Å². The molecule has 0 N–H and O–H groups in total. The van der Waals surface area contributed by atoms with E-state index in [4.69, 9.17) is 23.2 Å². The molecule has 2 unspecified atom stereocenters. The number of hydrogen-bond acceptors (Lipinski definition) is 2. The molecule has 2 nitrogen and oxygen atoms in total. The lowest BCUT2D eigenvalue weighted by atomic mass is 9.68. The zero-order valence-electron chi connectivity index (χ0n) is 15.4. The Labute approximate surface area is 174 Å². The predicted octanol–water partition coefficient (Wildman–Crippen LogP) is 6.69. The highest BCUT2D eigenvalue weighted by molar-refractivity contribution is 6.42. The minimum atomic E-state index is -0.180. The van der Waals surface area contributed by atoms with Crippen molar-refractivity contribution >= 4 is 23.2 Å². The zero-order chi connectivity index (χ0) is 20.0. The average molecular weight is 403 g/mol. The van der Waals surface area contributed by atoms with Gasteiger partial charge in [-0.05, 0) is 64.6 Å². The minimum absolute atomic E-state index is 0.0217. The van der Waals surface area contributed by atoms with E-state index in [1.165, 1.54) is 0 Å². The van der Waals surface area contributed by atoms with Crippen LogP contribution in [-0.4, -0.2) is 0 Å². The van der Waals surface area contributed by atoms with Gasteiger partial charge in [0.25, 0.3) is 0 Å². The van der Waals surface area contributed by atoms with Gasteiger partial charge in [0.1, 0.15) is 0 Å². The fourth-order valence-corrected chi connectivity index (χ4v) is 4.79. The van der Waals surface area contributed by atoms with Gasteiger partial charge in [-0.1, -0.05) is 54.4 Å². The Morgan fingerprint density at radius 3 is 2.00 bits per heavy atom. The number of halogens is 2. The highest BCUT2D eigenvalue weighted by atomic mass is 35.5. The van der Waals surface area contributed by atoms with Crippen LogP contribution in [0.25, 0.3) is 0 Å². The molecule has 4 rings (SSSR count). The monoisotopic (exact) mass is 402 g/mol. The molecule has 0 spiro atoms. The van der Waals surface area contributed by atoms with Crippen molar-refractivity contribution in [1.29, 1.82) is 10.5 Å². The van der Waals surface area contributed by atoms with Gasteiger partial charge in [-0.2, -0.15) is 10.5 Å². The van der Waals surface area contributed by atoms with E-state index in [-0.39, 0.29) is 11.8 Å². The Balaban J connectivity index is 2.14. The first-order valence-corrected chi connectivity index (χ1v) is 9.74. The molecule has 0 fully saturated rings. The van der Waals surface area contributed by atoms with Gasteiger partial charge >= 0.3 is 0 Å². The van der Waals surface area contributed by atoms with Crippen molar-refractivity contribution in [2.24, 2.45) is 0 Å². The Bertz CT molecular complexity index is 1200. The van der Waals surface area contributed by atoms with Crippen LogP contribution in [0.15, 0.2) is 48.5 Å². The van der Waals surface area contributed by atoms with Crippen LogP contribution in [0.5, 0.6) is 0 Å². The van der Waals surface area contributed by atoms with E-state index in [9.17, 15) is 10.5 Å². The molecule has 0 saturated carbocycles. The second kappa shape index (κ2) is 6.99. The molecule has 0 radical (unpaired) electrons. The molecule has 0 bridgehead atoms. The third-order valence-electron chi connectivity index (χ3n) is 5.64. The van der Waals surface area contributed by atoms with Gasteiger partial charge in [0.05, 0.1) is 33.3 Å². The van der Waals surface area contributed by atoms with Crippen molar-refractivity contribution < 1.29 is 0 Å². The third-order valence-corrected chi connectivity index (χ3v) is 6.36. The third kappa shape index (κ3) is 2.70. The van der Waals surface area contributed by atoms with Crippen molar-refractivity contribution in [2.45, 2.75) is 25.7 Å². The molecule has 3 aromatic carbocycles. The Morgan fingerprint density at radius 1 is 0.786 bits per heavy atom. The summed E-state index contributed by atoms with van der Waals surface area (Å²) < 4.78 is 0. The molecule has 136 valence electrons. The average Bonchev–Trinajstić information content (AvgIpc) is 2.70. The summed E-state index contributed by atoms with van der Waals surface area (Å²) in [4.78, 5) is 0. The molecule has 3 aromatic rings. The second-order valence-corrected chi connectivity index (χ2v) is 7.93. The molecule has 0 aromatic heterocycles. The number of fused-ring (bicyclic) bond motifs is 2. The quantitative estimate of drug-likeness (QED) is 0.454. The van der Waals surface area contributed by atoms with Crippen molar-refractivity contribution in [3.63, 3.8) is 0 Å². The van der Waals surface area contributed by atoms with Crippen LogP contribution in [-0.2, 0) is 0 Å². The molecule has 0 heterocycles. The maximum Gasteiger partial charge on any atom is 0.0994 e. The van der Waals surface area contributed by atoms with Gasteiger partial charge in [-0.25, -0.2) is 0 Å². The summed E-state index contributed by atoms with van der Waals surface area (Å²) >= 11 is 12.6. The smallest absolute Gasteiger partial charge is 0.0994 e. The normalized spacial score (nSPS) is 17.2. The zero-order valence-corrected chi connectivity index (χ0v) is 16.9. The van der Waals surface area contributed by atoms with E-state index in [0.717, 1.165) is 33.4 Å². The van der Waals surface area contributed by atoms with Gasteiger partial charge in [0.15, 0.2) is 0 Å². The van der Waals surface area contributed by atoms with Crippen LogP contribution in [0, 0.1) is 29.6 Å². The van der Waals surface area contributed by atoms with Gasteiger partial charge < -0.3 is 0 Å². The van der Waals surface area contributed by atoms with E-state index in [1.54, 1.807) is 0 Å². The summed E-state index contributed by atoms with van der Waals surface area (Å²) in [5, 5.41) is 20.5. The lowest BCUT2D eigenvalue weighted by Crippen LogP contribution is -2.21. The summed E-state index contributed by atoms with van der Waals surface area (Å²) in [5.74, 6) is -0.159. The van der Waals surface area contributed by atoms with E-state index in [0.29, 0.717) is 21.2 Å². The minimum Gasteiger partial charge on any atom is -0.192 e. The highest BCUT2D eigenvalue weighted by Crippen LogP contribution is 2.49. The first kappa shape index (κ1) is 18.6. The van der Waals surface area contributed by atoms with Crippen LogP contribution in [0.2, 0.25) is 10.0 Å². The van der Waals surface area contributed by atoms with Gasteiger partial charge in [0.2, 0.25) is 0 Å². The number of nitrogens with zero attached hydrogens (tertiary/aromatic N) is 2. The van der Waals surface area contributed by atoms with Crippen LogP contribution < -0.4 is 0 Å². The molecule has 4 heteroatoms. The molecule has 0 saturated heterocycles. The molecule has 1 aliphatic rings. The van der Waals surface area contributed by atoms with Crippen molar-refractivity contribution in [3.8, 4) is 12.1 Å². The summed E-state index contributed by atoms with van der Waals surface area (Å²) in [6, 6.07) is 20.1. The molecule has 0 aliphatic heterocycles. The van der Waals surface area contributed by atoms with Crippen LogP contribution in [0.4, 0.5) is 0 Å². The van der Waals surface area contributed by atoms with Gasteiger partial charge in [0, 0.05) is 11.8 Å². The Hall–Kier alpha value is -2.78. The highest BCUT2D eigenvalue weighted by Gasteiger charge is 2.35. The van der Waals surface area contributed by atoms with Gasteiger partial charge in [-0.3, -0.25) is 0 Å². The van der Waals surface area contributed by atoms with Crippen LogP contribution >= 0.6 is 23.2 Å². The van der Waals surface area contributed by atoms with Crippen LogP contribution in [0.3, 0.4) is 0 Å². The van der Waals surface area contributed by atoms with Crippen molar-refractivity contribution in [3.05, 3.63) is 103 Å². The summed E-state index contributed by atoms with van der Waals surface area (Å²) in [6.45, 7) is 4.09. The SMILES string of the molecule is Cc1cc(Cl)c(Cl)cc1C1c2cccc(C#N)c2C(C)c2cccc(C#N)c21. The fourth-order valence-electron chi connectivity index (χ4n) is 4.40. The fraction of sp³-hybridized carbons (Fsp3) is 0.167. The maximum atomic E-state index is 9.81. The number of aryl methyl sites for hydroxylation is 1. The Kier molecular flexibility index (Phi) is 4.64. The summed E-state index contributed by atoms with van der Waals surface area (Å²) in [5.41, 5.74) is 7.44. The molecule has 2 atom stereocenters. The molecule has 28 heavy (non-hydrogen) atoms.